The van der Waals surface area contributed by atoms with Crippen molar-refractivity contribution in [1.82, 2.24) is 0 Å². The monoisotopic (exact) mass is 269 g/mol. The van der Waals surface area contributed by atoms with Crippen LogP contribution in [-0.4, -0.2) is 20.9 Å². The number of carbonyl (C=O) groups excluding carboxylic acids is 1. The number of hydrogen-bond donors (Lipinski definition) is 0. The predicted molar refractivity (Wildman–Crippen MR) is 78.0 cm³/mol. The van der Waals surface area contributed by atoms with Gasteiger partial charge in [0.1, 0.15) is 5.60 Å². The Hall–Kier alpha value is -0.153. The van der Waals surface area contributed by atoms with Crippen molar-refractivity contribution in [2.24, 2.45) is 11.3 Å². The van der Waals surface area contributed by atoms with Gasteiger partial charge in [-0.15, -0.1) is 0 Å². The van der Waals surface area contributed by atoms with E-state index in [0.29, 0.717) is 5.92 Å². The molecule has 0 amide bonds. The lowest BCUT2D eigenvalue weighted by atomic mass is 9.70. The van der Waals surface area contributed by atoms with Gasteiger partial charge in [-0.2, -0.15) is 0 Å². The summed E-state index contributed by atoms with van der Waals surface area (Å²) in [5, 5.41) is 0. The molecule has 0 saturated heterocycles. The van der Waals surface area contributed by atoms with Crippen molar-refractivity contribution in [1.29, 1.82) is 0 Å². The molecule has 0 bridgehead atoms. The topological polar surface area (TPSA) is 26.3 Å². The molecule has 0 aromatic heterocycles. The van der Waals surface area contributed by atoms with Crippen LogP contribution in [0.3, 0.4) is 0 Å². The van der Waals surface area contributed by atoms with Gasteiger partial charge in [0.05, 0.1) is 0 Å². The third-order valence-electron chi connectivity index (χ3n) is 4.16. The Morgan fingerprint density at radius 3 is 2.11 bits per heavy atom. The van der Waals surface area contributed by atoms with E-state index in [9.17, 15) is 4.79 Å². The minimum absolute atomic E-state index is 0.117. The standard InChI is InChI=1S/C15H29O2Si/c1-14(2,3)15(12-16,17-18(4)5)11-13-9-7-6-8-10-13/h12-13H,6-11H2,1-5H3/t15-/m1/s1. The summed E-state index contributed by atoms with van der Waals surface area (Å²) in [7, 11) is -0.866. The molecule has 105 valence electrons. The van der Waals surface area contributed by atoms with E-state index in [4.69, 9.17) is 4.43 Å². The van der Waals surface area contributed by atoms with Crippen LogP contribution in [0.25, 0.3) is 0 Å². The molecule has 0 aromatic carbocycles. The van der Waals surface area contributed by atoms with Gasteiger partial charge < -0.3 is 9.22 Å². The molecule has 0 aromatic rings. The maximum atomic E-state index is 11.8. The van der Waals surface area contributed by atoms with Gasteiger partial charge in [0.15, 0.2) is 6.29 Å². The molecule has 1 aliphatic carbocycles. The average Bonchev–Trinajstić information content (AvgIpc) is 2.27. The molecular formula is C15H29O2Si. The van der Waals surface area contributed by atoms with Gasteiger partial charge in [-0.1, -0.05) is 52.9 Å². The predicted octanol–water partition coefficient (Wildman–Crippen LogP) is 4.21. The fourth-order valence-corrected chi connectivity index (χ4v) is 4.10. The molecule has 1 fully saturated rings. The molecule has 0 N–H and O–H groups in total. The minimum Gasteiger partial charge on any atom is -0.404 e. The van der Waals surface area contributed by atoms with E-state index in [1.165, 1.54) is 32.1 Å². The van der Waals surface area contributed by atoms with Crippen LogP contribution in [0.15, 0.2) is 0 Å². The van der Waals surface area contributed by atoms with Crippen molar-refractivity contribution in [3.05, 3.63) is 0 Å². The number of carbonyl (C=O) groups is 1. The highest BCUT2D eigenvalue weighted by Gasteiger charge is 2.45. The first-order valence-corrected chi connectivity index (χ1v) is 9.67. The van der Waals surface area contributed by atoms with Gasteiger partial charge in [-0.25, -0.2) is 0 Å². The molecule has 1 rings (SSSR count). The van der Waals surface area contributed by atoms with Crippen LogP contribution >= 0.6 is 0 Å². The van der Waals surface area contributed by atoms with Gasteiger partial charge >= 0.3 is 0 Å². The fraction of sp³-hybridized carbons (Fsp3) is 0.933. The van der Waals surface area contributed by atoms with Crippen molar-refractivity contribution in [2.45, 2.75) is 78.0 Å². The molecule has 2 nitrogen and oxygen atoms in total. The van der Waals surface area contributed by atoms with E-state index in [2.05, 4.69) is 33.9 Å². The summed E-state index contributed by atoms with van der Waals surface area (Å²) in [6, 6.07) is 0. The highest BCUT2D eigenvalue weighted by atomic mass is 28.3. The Labute approximate surface area is 114 Å². The second-order valence-corrected chi connectivity index (χ2v) is 9.00. The van der Waals surface area contributed by atoms with E-state index >= 15 is 0 Å². The molecule has 1 atom stereocenters. The summed E-state index contributed by atoms with van der Waals surface area (Å²) in [4.78, 5) is 11.8. The molecule has 0 aliphatic heterocycles. The molecule has 3 heteroatoms. The number of rotatable bonds is 5. The van der Waals surface area contributed by atoms with Gasteiger partial charge in [0.2, 0.25) is 9.04 Å². The lowest BCUT2D eigenvalue weighted by Crippen LogP contribution is -2.51. The molecule has 0 spiro atoms. The highest BCUT2D eigenvalue weighted by Crippen LogP contribution is 2.41. The van der Waals surface area contributed by atoms with E-state index in [1.54, 1.807) is 0 Å². The van der Waals surface area contributed by atoms with Crippen molar-refractivity contribution < 1.29 is 9.22 Å². The first-order valence-electron chi connectivity index (χ1n) is 7.26. The Balaban J connectivity index is 2.84. The van der Waals surface area contributed by atoms with Crippen molar-refractivity contribution in [3.8, 4) is 0 Å². The van der Waals surface area contributed by atoms with E-state index in [1.807, 2.05) is 0 Å². The van der Waals surface area contributed by atoms with Crippen LogP contribution in [0.4, 0.5) is 0 Å². The zero-order valence-electron chi connectivity index (χ0n) is 12.7. The summed E-state index contributed by atoms with van der Waals surface area (Å²) in [6.45, 7) is 10.6. The maximum absolute atomic E-state index is 11.8. The number of hydrogen-bond acceptors (Lipinski definition) is 2. The summed E-state index contributed by atoms with van der Waals surface area (Å²) >= 11 is 0. The average molecular weight is 269 g/mol. The lowest BCUT2D eigenvalue weighted by Gasteiger charge is -2.44. The Morgan fingerprint density at radius 2 is 1.72 bits per heavy atom. The Bertz CT molecular complexity index is 264. The largest absolute Gasteiger partial charge is 0.404 e. The quantitative estimate of drug-likeness (QED) is 0.552. The van der Waals surface area contributed by atoms with Crippen LogP contribution < -0.4 is 0 Å². The zero-order chi connectivity index (χ0) is 13.8. The minimum atomic E-state index is -0.866. The Kier molecular flexibility index (Phi) is 5.59. The van der Waals surface area contributed by atoms with Gasteiger partial charge in [0, 0.05) is 0 Å². The summed E-state index contributed by atoms with van der Waals surface area (Å²) in [6.07, 6.45) is 8.54. The van der Waals surface area contributed by atoms with Gasteiger partial charge in [0.25, 0.3) is 0 Å². The van der Waals surface area contributed by atoms with Crippen molar-refractivity contribution in [2.75, 3.05) is 0 Å². The molecule has 1 aliphatic rings. The molecule has 0 unspecified atom stereocenters. The highest BCUT2D eigenvalue weighted by molar-refractivity contribution is 6.48. The van der Waals surface area contributed by atoms with Crippen LogP contribution in [-0.2, 0) is 9.22 Å². The lowest BCUT2D eigenvalue weighted by molar-refractivity contribution is -0.135. The van der Waals surface area contributed by atoms with Crippen LogP contribution in [0, 0.1) is 11.3 Å². The summed E-state index contributed by atoms with van der Waals surface area (Å²) in [5.41, 5.74) is -0.694. The van der Waals surface area contributed by atoms with Gasteiger partial charge in [-0.05, 0) is 30.8 Å². The smallest absolute Gasteiger partial charge is 0.206 e. The van der Waals surface area contributed by atoms with Gasteiger partial charge in [-0.3, -0.25) is 0 Å². The Morgan fingerprint density at radius 1 is 1.17 bits per heavy atom. The van der Waals surface area contributed by atoms with E-state index < -0.39 is 14.6 Å². The third kappa shape index (κ3) is 3.92. The molecular weight excluding hydrogens is 240 g/mol. The number of aldehydes is 1. The third-order valence-corrected chi connectivity index (χ3v) is 4.94. The van der Waals surface area contributed by atoms with Crippen LogP contribution in [0.5, 0.6) is 0 Å². The SMILES string of the molecule is C[Si](C)O[C@@](C=O)(CC1CCCCC1)C(C)(C)C. The molecule has 18 heavy (non-hydrogen) atoms. The van der Waals surface area contributed by atoms with Crippen LogP contribution in [0.1, 0.15) is 59.3 Å². The van der Waals surface area contributed by atoms with Crippen molar-refractivity contribution in [3.63, 3.8) is 0 Å². The first-order chi connectivity index (χ1) is 8.31. The molecule has 1 radical (unpaired) electrons. The van der Waals surface area contributed by atoms with Crippen LogP contribution in [0.2, 0.25) is 13.1 Å². The second-order valence-electron chi connectivity index (χ2n) is 6.98. The molecule has 1 saturated carbocycles. The second kappa shape index (κ2) is 6.33. The molecule has 0 heterocycles. The van der Waals surface area contributed by atoms with Crippen molar-refractivity contribution >= 4 is 15.3 Å². The maximum Gasteiger partial charge on any atom is 0.206 e. The van der Waals surface area contributed by atoms with E-state index in [0.717, 1.165) is 12.7 Å². The first kappa shape index (κ1) is 15.9. The normalized spacial score (nSPS) is 21.9. The fourth-order valence-electron chi connectivity index (χ4n) is 2.93. The summed E-state index contributed by atoms with van der Waals surface area (Å²) < 4.78 is 6.19. The summed E-state index contributed by atoms with van der Waals surface area (Å²) in [5.74, 6) is 0.671. The zero-order valence-corrected chi connectivity index (χ0v) is 13.7. The van der Waals surface area contributed by atoms with E-state index in [-0.39, 0.29) is 5.41 Å².